The summed E-state index contributed by atoms with van der Waals surface area (Å²) in [4.78, 5) is 15.9. The van der Waals surface area contributed by atoms with Crippen LogP contribution in [0, 0.1) is 0 Å². The van der Waals surface area contributed by atoms with Crippen molar-refractivity contribution in [2.75, 3.05) is 37.6 Å². The van der Waals surface area contributed by atoms with Crippen molar-refractivity contribution in [2.45, 2.75) is 26.8 Å². The van der Waals surface area contributed by atoms with E-state index in [1.165, 1.54) is 11.3 Å². The molecule has 1 aromatic carbocycles. The Morgan fingerprint density at radius 2 is 2.00 bits per heavy atom. The van der Waals surface area contributed by atoms with Crippen LogP contribution in [0.4, 0.5) is 5.69 Å². The van der Waals surface area contributed by atoms with Gasteiger partial charge in [0.2, 0.25) is 5.91 Å². The van der Waals surface area contributed by atoms with E-state index in [0.29, 0.717) is 0 Å². The third-order valence-electron chi connectivity index (χ3n) is 3.84. The van der Waals surface area contributed by atoms with E-state index in [-0.39, 0.29) is 5.91 Å². The number of carbonyl (C=O) groups is 1. The van der Waals surface area contributed by atoms with Crippen LogP contribution in [0.2, 0.25) is 0 Å². The van der Waals surface area contributed by atoms with Crippen molar-refractivity contribution >= 4 is 11.6 Å². The molecule has 0 saturated carbocycles. The first-order chi connectivity index (χ1) is 9.72. The highest BCUT2D eigenvalue weighted by atomic mass is 16.2. The second-order valence-electron chi connectivity index (χ2n) is 5.26. The quantitative estimate of drug-likeness (QED) is 0.911. The molecule has 4 heteroatoms. The summed E-state index contributed by atoms with van der Waals surface area (Å²) in [6.45, 7) is 9.31. The molecule has 1 saturated heterocycles. The lowest BCUT2D eigenvalue weighted by molar-refractivity contribution is -0.128. The highest BCUT2D eigenvalue weighted by Crippen LogP contribution is 2.21. The summed E-state index contributed by atoms with van der Waals surface area (Å²) in [5, 5.41) is 3.40. The molecule has 20 heavy (non-hydrogen) atoms. The number of carbonyl (C=O) groups excluding carboxylic acids is 1. The largest absolute Gasteiger partial charge is 0.369 e. The van der Waals surface area contributed by atoms with E-state index in [0.717, 1.165) is 45.7 Å². The van der Waals surface area contributed by atoms with Gasteiger partial charge in [0.15, 0.2) is 0 Å². The molecule has 4 nitrogen and oxygen atoms in total. The summed E-state index contributed by atoms with van der Waals surface area (Å²) in [5.74, 6) is 0.188. The molecule has 1 aliphatic rings. The van der Waals surface area contributed by atoms with Gasteiger partial charge < -0.3 is 15.1 Å². The van der Waals surface area contributed by atoms with E-state index in [9.17, 15) is 4.79 Å². The Morgan fingerprint density at radius 3 is 2.75 bits per heavy atom. The first-order valence-corrected chi connectivity index (χ1v) is 7.51. The average molecular weight is 275 g/mol. The highest BCUT2D eigenvalue weighted by molar-refractivity contribution is 5.73. The maximum atomic E-state index is 11.5. The van der Waals surface area contributed by atoms with Crippen molar-refractivity contribution in [1.82, 2.24) is 10.2 Å². The molecule has 0 aromatic heterocycles. The van der Waals surface area contributed by atoms with Gasteiger partial charge in [-0.15, -0.1) is 0 Å². The van der Waals surface area contributed by atoms with Gasteiger partial charge in [-0.05, 0) is 24.6 Å². The molecule has 110 valence electrons. The van der Waals surface area contributed by atoms with Crippen LogP contribution in [-0.4, -0.2) is 43.5 Å². The predicted octanol–water partition coefficient (Wildman–Crippen LogP) is 1.85. The number of nitrogens with zero attached hydrogens (tertiary/aromatic N) is 2. The normalized spacial score (nSPS) is 16.1. The standard InChI is InChI=1S/C16H25N3O/c1-3-17-13-15-7-4-5-8-16(15)19-10-6-9-18(11-12-19)14(2)20/h4-5,7-8,17H,3,6,9-13H2,1-2H3. The van der Waals surface area contributed by atoms with Gasteiger partial charge in [0.05, 0.1) is 0 Å². The fourth-order valence-electron chi connectivity index (χ4n) is 2.70. The molecule has 0 spiro atoms. The van der Waals surface area contributed by atoms with E-state index in [4.69, 9.17) is 0 Å². The van der Waals surface area contributed by atoms with E-state index in [2.05, 4.69) is 41.4 Å². The van der Waals surface area contributed by atoms with E-state index >= 15 is 0 Å². The summed E-state index contributed by atoms with van der Waals surface area (Å²) in [7, 11) is 0. The smallest absolute Gasteiger partial charge is 0.219 e. The molecule has 1 aromatic rings. The lowest BCUT2D eigenvalue weighted by Gasteiger charge is -2.26. The van der Waals surface area contributed by atoms with Gasteiger partial charge in [0.25, 0.3) is 0 Å². The Morgan fingerprint density at radius 1 is 1.20 bits per heavy atom. The summed E-state index contributed by atoms with van der Waals surface area (Å²) in [6.07, 6.45) is 1.04. The molecule has 1 fully saturated rings. The highest BCUT2D eigenvalue weighted by Gasteiger charge is 2.18. The molecule has 1 amide bonds. The minimum atomic E-state index is 0.188. The second kappa shape index (κ2) is 7.29. The van der Waals surface area contributed by atoms with E-state index in [1.807, 2.05) is 4.90 Å². The molecular weight excluding hydrogens is 250 g/mol. The Labute approximate surface area is 121 Å². The van der Waals surface area contributed by atoms with E-state index < -0.39 is 0 Å². The second-order valence-corrected chi connectivity index (χ2v) is 5.26. The minimum Gasteiger partial charge on any atom is -0.369 e. The van der Waals surface area contributed by atoms with Gasteiger partial charge >= 0.3 is 0 Å². The minimum absolute atomic E-state index is 0.188. The van der Waals surface area contributed by atoms with Crippen molar-refractivity contribution in [3.05, 3.63) is 29.8 Å². The van der Waals surface area contributed by atoms with E-state index in [1.54, 1.807) is 6.92 Å². The number of para-hydroxylation sites is 1. The van der Waals surface area contributed by atoms with Crippen molar-refractivity contribution in [3.8, 4) is 0 Å². The summed E-state index contributed by atoms with van der Waals surface area (Å²) >= 11 is 0. The zero-order chi connectivity index (χ0) is 14.4. The Bertz CT molecular complexity index is 447. The molecule has 0 aliphatic carbocycles. The number of amides is 1. The Hall–Kier alpha value is -1.55. The molecule has 0 atom stereocenters. The van der Waals surface area contributed by atoms with Crippen molar-refractivity contribution in [1.29, 1.82) is 0 Å². The molecule has 0 unspecified atom stereocenters. The van der Waals surface area contributed by atoms with Crippen LogP contribution in [0.25, 0.3) is 0 Å². The predicted molar refractivity (Wildman–Crippen MR) is 82.9 cm³/mol. The maximum absolute atomic E-state index is 11.5. The first-order valence-electron chi connectivity index (χ1n) is 7.51. The number of anilines is 1. The monoisotopic (exact) mass is 275 g/mol. The number of hydrogen-bond acceptors (Lipinski definition) is 3. The number of hydrogen-bond donors (Lipinski definition) is 1. The summed E-state index contributed by atoms with van der Waals surface area (Å²) < 4.78 is 0. The van der Waals surface area contributed by atoms with Gasteiger partial charge in [0, 0.05) is 45.3 Å². The summed E-state index contributed by atoms with van der Waals surface area (Å²) in [6, 6.07) is 8.57. The Balaban J connectivity index is 2.09. The van der Waals surface area contributed by atoms with Crippen molar-refractivity contribution in [3.63, 3.8) is 0 Å². The zero-order valence-corrected chi connectivity index (χ0v) is 12.6. The summed E-state index contributed by atoms with van der Waals surface area (Å²) in [5.41, 5.74) is 2.64. The van der Waals surface area contributed by atoms with Crippen LogP contribution >= 0.6 is 0 Å². The third kappa shape index (κ3) is 3.73. The van der Waals surface area contributed by atoms with Crippen LogP contribution in [0.3, 0.4) is 0 Å². The third-order valence-corrected chi connectivity index (χ3v) is 3.84. The number of benzene rings is 1. The molecule has 0 bridgehead atoms. The van der Waals surface area contributed by atoms with Crippen LogP contribution < -0.4 is 10.2 Å². The molecule has 1 heterocycles. The molecular formula is C16H25N3O. The lowest BCUT2D eigenvalue weighted by atomic mass is 10.1. The molecule has 1 aliphatic heterocycles. The van der Waals surface area contributed by atoms with Crippen LogP contribution in [-0.2, 0) is 11.3 Å². The number of rotatable bonds is 4. The van der Waals surface area contributed by atoms with Gasteiger partial charge in [0.1, 0.15) is 0 Å². The molecule has 1 N–H and O–H groups in total. The topological polar surface area (TPSA) is 35.6 Å². The van der Waals surface area contributed by atoms with Gasteiger partial charge in [-0.25, -0.2) is 0 Å². The maximum Gasteiger partial charge on any atom is 0.219 e. The lowest BCUT2D eigenvalue weighted by Crippen LogP contribution is -2.34. The fraction of sp³-hybridized carbons (Fsp3) is 0.562. The van der Waals surface area contributed by atoms with Gasteiger partial charge in [-0.1, -0.05) is 25.1 Å². The van der Waals surface area contributed by atoms with Gasteiger partial charge in [-0.2, -0.15) is 0 Å². The van der Waals surface area contributed by atoms with Crippen molar-refractivity contribution < 1.29 is 4.79 Å². The first kappa shape index (κ1) is 14.9. The average Bonchev–Trinajstić information content (AvgIpc) is 2.71. The van der Waals surface area contributed by atoms with Crippen LogP contribution in [0.15, 0.2) is 24.3 Å². The SMILES string of the molecule is CCNCc1ccccc1N1CCCN(C(C)=O)CC1. The van der Waals surface area contributed by atoms with Crippen LogP contribution in [0.1, 0.15) is 25.8 Å². The molecule has 0 radical (unpaired) electrons. The Kier molecular flexibility index (Phi) is 5.41. The van der Waals surface area contributed by atoms with Crippen LogP contribution in [0.5, 0.6) is 0 Å². The zero-order valence-electron chi connectivity index (χ0n) is 12.6. The fourth-order valence-corrected chi connectivity index (χ4v) is 2.70. The molecule has 2 rings (SSSR count). The number of nitrogens with one attached hydrogen (secondary N) is 1. The van der Waals surface area contributed by atoms with Crippen molar-refractivity contribution in [2.24, 2.45) is 0 Å². The van der Waals surface area contributed by atoms with Gasteiger partial charge in [-0.3, -0.25) is 4.79 Å².